The third-order valence-electron chi connectivity index (χ3n) is 5.71. The Hall–Kier alpha value is -1.23. The summed E-state index contributed by atoms with van der Waals surface area (Å²) in [6.07, 6.45) is 2.31. The summed E-state index contributed by atoms with van der Waals surface area (Å²) >= 11 is 2.11. The summed E-state index contributed by atoms with van der Waals surface area (Å²) in [6.45, 7) is 7.08. The smallest absolute Gasteiger partial charge is 0.413 e. The SMILES string of the molecule is CN=[S@@]1(=O)C[C@@](C)(c2cc(I)ccc2F)N=C(NC(=O)OC(C)(C)C)C12CCCC2. The minimum Gasteiger partial charge on any atom is -0.444 e. The Morgan fingerprint density at radius 3 is 2.53 bits per heavy atom. The minimum atomic E-state index is -2.84. The van der Waals surface area contributed by atoms with Crippen molar-refractivity contribution in [2.24, 2.45) is 9.36 Å². The maximum Gasteiger partial charge on any atom is 0.413 e. The summed E-state index contributed by atoms with van der Waals surface area (Å²) in [4.78, 5) is 17.5. The third-order valence-corrected chi connectivity index (χ3v) is 9.75. The molecule has 1 spiro atoms. The lowest BCUT2D eigenvalue weighted by Crippen LogP contribution is -2.59. The highest BCUT2D eigenvalue weighted by Crippen LogP contribution is 2.47. The first-order valence-electron chi connectivity index (χ1n) is 10.0. The van der Waals surface area contributed by atoms with Crippen molar-refractivity contribution < 1.29 is 18.1 Å². The van der Waals surface area contributed by atoms with E-state index in [2.05, 4.69) is 32.3 Å². The molecule has 1 aliphatic carbocycles. The van der Waals surface area contributed by atoms with Gasteiger partial charge >= 0.3 is 6.09 Å². The van der Waals surface area contributed by atoms with E-state index in [-0.39, 0.29) is 5.75 Å². The number of nitrogens with zero attached hydrogens (tertiary/aromatic N) is 2. The monoisotopic (exact) mass is 549 g/mol. The number of hydrogen-bond acceptors (Lipinski definition) is 5. The van der Waals surface area contributed by atoms with Crippen LogP contribution in [0.25, 0.3) is 0 Å². The highest BCUT2D eigenvalue weighted by molar-refractivity contribution is 14.1. The fraction of sp³-hybridized carbons (Fsp3) is 0.619. The quantitative estimate of drug-likeness (QED) is 0.502. The molecule has 0 radical (unpaired) electrons. The normalized spacial score (nSPS) is 28.2. The van der Waals surface area contributed by atoms with Gasteiger partial charge in [-0.3, -0.25) is 10.3 Å². The number of aliphatic imine (C=N–C) groups is 1. The number of amides is 1. The van der Waals surface area contributed by atoms with Crippen LogP contribution in [0.1, 0.15) is 58.9 Å². The van der Waals surface area contributed by atoms with Gasteiger partial charge < -0.3 is 4.74 Å². The average molecular weight is 549 g/mol. The Morgan fingerprint density at radius 2 is 1.97 bits per heavy atom. The van der Waals surface area contributed by atoms with Crippen LogP contribution in [0.15, 0.2) is 27.6 Å². The minimum absolute atomic E-state index is 0.104. The molecule has 1 amide bonds. The van der Waals surface area contributed by atoms with Gasteiger partial charge in [0.1, 0.15) is 27.5 Å². The van der Waals surface area contributed by atoms with Gasteiger partial charge in [-0.2, -0.15) is 0 Å². The molecule has 3 rings (SSSR count). The molecule has 1 heterocycles. The Balaban J connectivity index is 2.18. The number of benzene rings is 1. The molecule has 166 valence electrons. The molecule has 0 saturated heterocycles. The zero-order chi connectivity index (χ0) is 22.4. The number of nitrogens with one attached hydrogen (secondary N) is 1. The van der Waals surface area contributed by atoms with Crippen molar-refractivity contribution in [1.82, 2.24) is 5.32 Å². The molecule has 1 fully saturated rings. The number of ether oxygens (including phenoxy) is 1. The van der Waals surface area contributed by atoms with Crippen LogP contribution in [-0.2, 0) is 20.0 Å². The molecule has 6 nitrogen and oxygen atoms in total. The number of hydrogen-bond donors (Lipinski definition) is 1. The van der Waals surface area contributed by atoms with E-state index in [0.29, 0.717) is 24.2 Å². The van der Waals surface area contributed by atoms with Crippen molar-refractivity contribution in [2.75, 3.05) is 12.8 Å². The largest absolute Gasteiger partial charge is 0.444 e. The highest BCUT2D eigenvalue weighted by Gasteiger charge is 2.55. The van der Waals surface area contributed by atoms with E-state index in [1.54, 1.807) is 46.9 Å². The zero-order valence-electron chi connectivity index (χ0n) is 18.1. The number of amidine groups is 1. The lowest BCUT2D eigenvalue weighted by Gasteiger charge is -2.43. The third kappa shape index (κ3) is 4.24. The summed E-state index contributed by atoms with van der Waals surface area (Å²) < 4.78 is 38.8. The van der Waals surface area contributed by atoms with Crippen molar-refractivity contribution in [1.29, 1.82) is 0 Å². The lowest BCUT2D eigenvalue weighted by atomic mass is 9.92. The van der Waals surface area contributed by atoms with E-state index < -0.39 is 37.5 Å². The van der Waals surface area contributed by atoms with Gasteiger partial charge in [0.05, 0.1) is 15.5 Å². The van der Waals surface area contributed by atoms with E-state index in [4.69, 9.17) is 9.73 Å². The zero-order valence-corrected chi connectivity index (χ0v) is 21.0. The Labute approximate surface area is 191 Å². The van der Waals surface area contributed by atoms with Crippen molar-refractivity contribution >= 4 is 44.2 Å². The van der Waals surface area contributed by atoms with Gasteiger partial charge in [0, 0.05) is 16.2 Å². The van der Waals surface area contributed by atoms with Crippen LogP contribution in [0.5, 0.6) is 0 Å². The van der Waals surface area contributed by atoms with Gasteiger partial charge in [0.2, 0.25) is 0 Å². The first-order chi connectivity index (χ1) is 13.8. The number of halogens is 2. The molecule has 0 aromatic heterocycles. The Morgan fingerprint density at radius 1 is 1.33 bits per heavy atom. The topological polar surface area (TPSA) is 80.1 Å². The maximum absolute atomic E-state index is 14.8. The molecule has 0 bridgehead atoms. The van der Waals surface area contributed by atoms with Gasteiger partial charge in [-0.05, 0) is 81.3 Å². The van der Waals surface area contributed by atoms with Crippen molar-refractivity contribution in [3.8, 4) is 0 Å². The summed E-state index contributed by atoms with van der Waals surface area (Å²) in [6, 6.07) is 4.78. The highest BCUT2D eigenvalue weighted by atomic mass is 127. The Bertz CT molecular complexity index is 1010. The van der Waals surface area contributed by atoms with E-state index in [0.717, 1.165) is 16.4 Å². The van der Waals surface area contributed by atoms with Crippen LogP contribution in [0.3, 0.4) is 0 Å². The number of carbonyl (C=O) groups excluding carboxylic acids is 1. The molecular formula is C21H29FIN3O3S. The van der Waals surface area contributed by atoms with Gasteiger partial charge in [-0.1, -0.05) is 12.8 Å². The van der Waals surface area contributed by atoms with Gasteiger partial charge in [-0.25, -0.2) is 17.8 Å². The molecule has 1 aromatic carbocycles. The first-order valence-corrected chi connectivity index (χ1v) is 12.8. The molecule has 2 atom stereocenters. The van der Waals surface area contributed by atoms with Crippen LogP contribution in [0.2, 0.25) is 0 Å². The maximum atomic E-state index is 14.8. The fourth-order valence-electron chi connectivity index (χ4n) is 4.38. The van der Waals surface area contributed by atoms with Crippen LogP contribution in [0, 0.1) is 9.39 Å². The standard InChI is InChI=1S/C21H29FIN3O3S/c1-19(2,3)29-18(27)25-17-21(10-6-7-11-21)30(28,24-5)13-20(4,26-17)15-12-14(23)8-9-16(15)22/h8-9,12H,6-7,10-11,13H2,1-5H3,(H,25,26,27)/t20-,30+/m0/s1. The molecule has 1 aromatic rings. The molecular weight excluding hydrogens is 520 g/mol. The van der Waals surface area contributed by atoms with Gasteiger partial charge in [-0.15, -0.1) is 0 Å². The van der Waals surface area contributed by atoms with Gasteiger partial charge in [0.15, 0.2) is 0 Å². The number of carbonyl (C=O) groups is 1. The molecule has 30 heavy (non-hydrogen) atoms. The second-order valence-corrected chi connectivity index (χ2v) is 13.1. The fourth-order valence-corrected chi connectivity index (χ4v) is 7.94. The second-order valence-electron chi connectivity index (χ2n) is 9.15. The van der Waals surface area contributed by atoms with Crippen molar-refractivity contribution in [3.63, 3.8) is 0 Å². The average Bonchev–Trinajstić information content (AvgIpc) is 3.12. The molecule has 1 saturated carbocycles. The second kappa shape index (κ2) is 8.03. The summed E-state index contributed by atoms with van der Waals surface area (Å²) in [5.41, 5.74) is -1.47. The van der Waals surface area contributed by atoms with E-state index in [1.807, 2.05) is 0 Å². The van der Waals surface area contributed by atoms with Crippen molar-refractivity contribution in [2.45, 2.75) is 69.3 Å². The lowest BCUT2D eigenvalue weighted by molar-refractivity contribution is 0.0560. The summed E-state index contributed by atoms with van der Waals surface area (Å²) in [5, 5.41) is 2.78. The Kier molecular flexibility index (Phi) is 6.28. The molecule has 0 unspecified atom stereocenters. The number of rotatable bonds is 1. The number of alkyl carbamates (subject to hydrolysis) is 1. The predicted octanol–water partition coefficient (Wildman–Crippen LogP) is 4.99. The van der Waals surface area contributed by atoms with E-state index in [1.165, 1.54) is 6.07 Å². The summed E-state index contributed by atoms with van der Waals surface area (Å²) in [5.74, 6) is -0.0112. The molecule has 9 heteroatoms. The van der Waals surface area contributed by atoms with Crippen LogP contribution in [-0.4, -0.2) is 39.3 Å². The van der Waals surface area contributed by atoms with Crippen LogP contribution >= 0.6 is 22.6 Å². The van der Waals surface area contributed by atoms with Crippen LogP contribution in [0.4, 0.5) is 9.18 Å². The predicted molar refractivity (Wildman–Crippen MR) is 126 cm³/mol. The van der Waals surface area contributed by atoms with Gasteiger partial charge in [0.25, 0.3) is 0 Å². The van der Waals surface area contributed by atoms with E-state index >= 15 is 0 Å². The molecule has 1 N–H and O–H groups in total. The molecule has 2 aliphatic rings. The molecule has 1 aliphatic heterocycles. The van der Waals surface area contributed by atoms with Crippen molar-refractivity contribution in [3.05, 3.63) is 33.1 Å². The van der Waals surface area contributed by atoms with Crippen LogP contribution < -0.4 is 5.32 Å². The van der Waals surface area contributed by atoms with E-state index in [9.17, 15) is 13.4 Å². The first kappa shape index (κ1) is 23.4. The summed E-state index contributed by atoms with van der Waals surface area (Å²) in [7, 11) is -1.29.